The molecule has 6 N–H and O–H groups in total. The lowest BCUT2D eigenvalue weighted by Crippen LogP contribution is -2.22. The number of rotatable bonds is 3. The number of urea groups is 1. The smallest absolute Gasteiger partial charge is 0.324 e. The van der Waals surface area contributed by atoms with Crippen molar-refractivity contribution in [1.82, 2.24) is 10.2 Å². The van der Waals surface area contributed by atoms with Gasteiger partial charge in [-0.25, -0.2) is 4.79 Å². The number of anilines is 2. The van der Waals surface area contributed by atoms with Crippen LogP contribution in [0.15, 0.2) is 35.6 Å². The SMILES string of the molecule is Cc1ccc(NC(=O)Nc2[nH]ncc2C(N)=NO)cc1. The first-order valence-corrected chi connectivity index (χ1v) is 5.76. The fourth-order valence-electron chi connectivity index (χ4n) is 1.54. The predicted octanol–water partition coefficient (Wildman–Crippen LogP) is 1.46. The highest BCUT2D eigenvalue weighted by molar-refractivity contribution is 6.06. The Labute approximate surface area is 114 Å². The van der Waals surface area contributed by atoms with Crippen LogP contribution in [-0.4, -0.2) is 27.3 Å². The van der Waals surface area contributed by atoms with Crippen molar-refractivity contribution < 1.29 is 10.0 Å². The molecule has 0 aliphatic carbocycles. The normalized spacial score (nSPS) is 11.2. The van der Waals surface area contributed by atoms with Crippen LogP contribution in [0.2, 0.25) is 0 Å². The summed E-state index contributed by atoms with van der Waals surface area (Å²) in [5, 5.41) is 22.9. The summed E-state index contributed by atoms with van der Waals surface area (Å²) in [6.07, 6.45) is 1.34. The fraction of sp³-hybridized carbons (Fsp3) is 0.0833. The van der Waals surface area contributed by atoms with Crippen LogP contribution in [0, 0.1) is 6.92 Å². The molecule has 0 bridgehead atoms. The van der Waals surface area contributed by atoms with Gasteiger partial charge in [0.15, 0.2) is 5.84 Å². The Morgan fingerprint density at radius 2 is 2.05 bits per heavy atom. The van der Waals surface area contributed by atoms with Crippen LogP contribution >= 0.6 is 0 Å². The van der Waals surface area contributed by atoms with Gasteiger partial charge in [0, 0.05) is 5.69 Å². The zero-order chi connectivity index (χ0) is 14.5. The van der Waals surface area contributed by atoms with Gasteiger partial charge >= 0.3 is 6.03 Å². The van der Waals surface area contributed by atoms with E-state index in [-0.39, 0.29) is 11.7 Å². The van der Waals surface area contributed by atoms with E-state index in [1.54, 1.807) is 12.1 Å². The van der Waals surface area contributed by atoms with Crippen molar-refractivity contribution in [3.8, 4) is 0 Å². The standard InChI is InChI=1S/C12H14N6O2/c1-7-2-4-8(5-3-7)15-12(19)16-11-9(6-14-17-11)10(13)18-20/h2-6,20H,1H3,(H2,13,18)(H3,14,15,16,17,19). The van der Waals surface area contributed by atoms with E-state index in [0.29, 0.717) is 11.3 Å². The molecule has 1 heterocycles. The largest absolute Gasteiger partial charge is 0.409 e. The highest BCUT2D eigenvalue weighted by atomic mass is 16.4. The molecule has 2 rings (SSSR count). The number of nitrogens with zero attached hydrogens (tertiary/aromatic N) is 2. The fourth-order valence-corrected chi connectivity index (χ4v) is 1.54. The highest BCUT2D eigenvalue weighted by Gasteiger charge is 2.12. The Hall–Kier alpha value is -3.03. The maximum atomic E-state index is 11.8. The van der Waals surface area contributed by atoms with Gasteiger partial charge in [-0.05, 0) is 19.1 Å². The third-order valence-electron chi connectivity index (χ3n) is 2.57. The minimum atomic E-state index is -0.468. The Kier molecular flexibility index (Phi) is 3.85. The predicted molar refractivity (Wildman–Crippen MR) is 74.9 cm³/mol. The first-order chi connectivity index (χ1) is 9.60. The Morgan fingerprint density at radius 1 is 1.35 bits per heavy atom. The van der Waals surface area contributed by atoms with Gasteiger partial charge in [-0.1, -0.05) is 22.9 Å². The van der Waals surface area contributed by atoms with Crippen LogP contribution in [0.4, 0.5) is 16.3 Å². The van der Waals surface area contributed by atoms with Crippen LogP contribution in [0.5, 0.6) is 0 Å². The lowest BCUT2D eigenvalue weighted by atomic mass is 10.2. The van der Waals surface area contributed by atoms with Gasteiger partial charge in [0.25, 0.3) is 0 Å². The van der Waals surface area contributed by atoms with E-state index in [1.165, 1.54) is 6.20 Å². The maximum Gasteiger partial charge on any atom is 0.324 e. The minimum absolute atomic E-state index is 0.149. The minimum Gasteiger partial charge on any atom is -0.409 e. The van der Waals surface area contributed by atoms with Crippen molar-refractivity contribution in [1.29, 1.82) is 0 Å². The van der Waals surface area contributed by atoms with Crippen LogP contribution in [0.25, 0.3) is 0 Å². The van der Waals surface area contributed by atoms with Gasteiger partial charge in [-0.15, -0.1) is 0 Å². The average Bonchev–Trinajstić information content (AvgIpc) is 2.88. The van der Waals surface area contributed by atoms with E-state index >= 15 is 0 Å². The molecule has 8 nitrogen and oxygen atoms in total. The molecule has 0 saturated heterocycles. The molecule has 0 fully saturated rings. The molecule has 0 aliphatic heterocycles. The molecule has 0 aliphatic rings. The average molecular weight is 274 g/mol. The Morgan fingerprint density at radius 3 is 2.70 bits per heavy atom. The molecule has 0 atom stereocenters. The third kappa shape index (κ3) is 3.05. The van der Waals surface area contributed by atoms with Crippen molar-refractivity contribution in [2.45, 2.75) is 6.92 Å². The molecular formula is C12H14N6O2. The number of amidine groups is 1. The third-order valence-corrected chi connectivity index (χ3v) is 2.57. The Bertz CT molecular complexity index is 632. The molecule has 0 unspecified atom stereocenters. The topological polar surface area (TPSA) is 128 Å². The molecule has 1 aromatic heterocycles. The molecule has 104 valence electrons. The second-order valence-corrected chi connectivity index (χ2v) is 4.09. The van der Waals surface area contributed by atoms with Crippen LogP contribution in [-0.2, 0) is 0 Å². The van der Waals surface area contributed by atoms with E-state index in [0.717, 1.165) is 5.56 Å². The monoisotopic (exact) mass is 274 g/mol. The molecular weight excluding hydrogens is 260 g/mol. The summed E-state index contributed by atoms with van der Waals surface area (Å²) < 4.78 is 0. The first-order valence-electron chi connectivity index (χ1n) is 5.76. The molecule has 0 radical (unpaired) electrons. The highest BCUT2D eigenvalue weighted by Crippen LogP contribution is 2.12. The molecule has 2 amide bonds. The lowest BCUT2D eigenvalue weighted by molar-refractivity contribution is 0.262. The van der Waals surface area contributed by atoms with Crippen molar-refractivity contribution in [2.75, 3.05) is 10.6 Å². The summed E-state index contributed by atoms with van der Waals surface area (Å²) in [6, 6.07) is 6.87. The summed E-state index contributed by atoms with van der Waals surface area (Å²) in [7, 11) is 0. The van der Waals surface area contributed by atoms with Crippen LogP contribution in [0.1, 0.15) is 11.1 Å². The summed E-state index contributed by atoms with van der Waals surface area (Å²) in [5.41, 5.74) is 7.50. The number of oxime groups is 1. The van der Waals surface area contributed by atoms with Crippen molar-refractivity contribution in [3.63, 3.8) is 0 Å². The van der Waals surface area contributed by atoms with Crippen molar-refractivity contribution in [3.05, 3.63) is 41.6 Å². The maximum absolute atomic E-state index is 11.8. The summed E-state index contributed by atoms with van der Waals surface area (Å²) in [5.74, 6) is 0.0919. The summed E-state index contributed by atoms with van der Waals surface area (Å²) in [4.78, 5) is 11.8. The van der Waals surface area contributed by atoms with E-state index in [4.69, 9.17) is 10.9 Å². The van der Waals surface area contributed by atoms with Crippen LogP contribution < -0.4 is 16.4 Å². The zero-order valence-corrected chi connectivity index (χ0v) is 10.7. The molecule has 8 heteroatoms. The first kappa shape index (κ1) is 13.4. The molecule has 2 aromatic rings. The number of carbonyl (C=O) groups excluding carboxylic acids is 1. The Balaban J connectivity index is 2.05. The number of aryl methyl sites for hydroxylation is 1. The second-order valence-electron chi connectivity index (χ2n) is 4.09. The van der Waals surface area contributed by atoms with E-state index in [2.05, 4.69) is 26.0 Å². The van der Waals surface area contributed by atoms with Gasteiger partial charge in [0.2, 0.25) is 0 Å². The van der Waals surface area contributed by atoms with Gasteiger partial charge in [0.1, 0.15) is 5.82 Å². The van der Waals surface area contributed by atoms with E-state index in [9.17, 15) is 4.79 Å². The number of hydrogen-bond donors (Lipinski definition) is 5. The number of carbonyl (C=O) groups is 1. The molecule has 1 aromatic carbocycles. The number of H-pyrrole nitrogens is 1. The van der Waals surface area contributed by atoms with Crippen molar-refractivity contribution in [2.24, 2.45) is 10.9 Å². The number of benzene rings is 1. The second kappa shape index (κ2) is 5.74. The molecule has 0 spiro atoms. The summed E-state index contributed by atoms with van der Waals surface area (Å²) in [6.45, 7) is 1.96. The van der Waals surface area contributed by atoms with Gasteiger partial charge < -0.3 is 16.3 Å². The lowest BCUT2D eigenvalue weighted by Gasteiger charge is -2.07. The number of aromatic nitrogens is 2. The number of hydrogen-bond acceptors (Lipinski definition) is 4. The summed E-state index contributed by atoms with van der Waals surface area (Å²) >= 11 is 0. The van der Waals surface area contributed by atoms with E-state index in [1.807, 2.05) is 19.1 Å². The number of aromatic amines is 1. The van der Waals surface area contributed by atoms with Crippen LogP contribution in [0.3, 0.4) is 0 Å². The quantitative estimate of drug-likeness (QED) is 0.251. The zero-order valence-electron chi connectivity index (χ0n) is 10.7. The molecule has 20 heavy (non-hydrogen) atoms. The van der Waals surface area contributed by atoms with Crippen molar-refractivity contribution >= 4 is 23.4 Å². The number of nitrogens with one attached hydrogen (secondary N) is 3. The number of amides is 2. The van der Waals surface area contributed by atoms with Gasteiger partial charge in [-0.2, -0.15) is 5.10 Å². The van der Waals surface area contributed by atoms with Gasteiger partial charge in [0.05, 0.1) is 11.8 Å². The number of nitrogens with two attached hydrogens (primary N) is 1. The van der Waals surface area contributed by atoms with Gasteiger partial charge in [-0.3, -0.25) is 10.4 Å². The molecule has 0 saturated carbocycles. The van der Waals surface area contributed by atoms with E-state index < -0.39 is 6.03 Å².